The number of rotatable bonds is 18. The summed E-state index contributed by atoms with van der Waals surface area (Å²) in [5.41, 5.74) is 9.38. The maximum atomic E-state index is 13.1. The number of ether oxygens (including phenoxy) is 2. The molecule has 3 atom stereocenters. The molecule has 1 aliphatic carbocycles. The molecule has 52 heavy (non-hydrogen) atoms. The second-order valence-electron chi connectivity index (χ2n) is 18.3. The van der Waals surface area contributed by atoms with E-state index in [0.717, 1.165) is 65.0 Å². The fourth-order valence-electron chi connectivity index (χ4n) is 8.41. The topological polar surface area (TPSA) is 35.5 Å². The molecule has 3 heteroatoms. The molecule has 1 aromatic rings. The van der Waals surface area contributed by atoms with Crippen LogP contribution in [0.1, 0.15) is 175 Å². The molecule has 1 heterocycles. The molecule has 3 nitrogen and oxygen atoms in total. The highest BCUT2D eigenvalue weighted by molar-refractivity contribution is 5.86. The van der Waals surface area contributed by atoms with Crippen molar-refractivity contribution in [1.29, 1.82) is 0 Å². The van der Waals surface area contributed by atoms with Crippen LogP contribution in [0, 0.1) is 43.9 Å². The Morgan fingerprint density at radius 2 is 1.42 bits per heavy atom. The summed E-state index contributed by atoms with van der Waals surface area (Å²) in [6.07, 6.45) is 29.5. The van der Waals surface area contributed by atoms with Crippen LogP contribution in [0.15, 0.2) is 58.7 Å². The molecule has 0 fully saturated rings. The van der Waals surface area contributed by atoms with Crippen molar-refractivity contribution in [2.45, 2.75) is 186 Å². The number of allylic oxidation sites excluding steroid dienone is 9. The van der Waals surface area contributed by atoms with Gasteiger partial charge in [-0.1, -0.05) is 128 Å². The first-order valence-corrected chi connectivity index (χ1v) is 20.9. The monoisotopic (exact) mass is 713 g/mol. The third-order valence-electron chi connectivity index (χ3n) is 12.2. The highest BCUT2D eigenvalue weighted by atomic mass is 16.5. The van der Waals surface area contributed by atoms with Gasteiger partial charge in [-0.3, -0.25) is 0 Å². The molecule has 2 aliphatic rings. The van der Waals surface area contributed by atoms with E-state index in [1.807, 2.05) is 19.1 Å². The molecule has 0 bridgehead atoms. The fraction of sp³-hybridized carbons (Fsp3) is 0.653. The normalized spacial score (nSPS) is 20.8. The summed E-state index contributed by atoms with van der Waals surface area (Å²) in [6.45, 7) is 29.1. The van der Waals surface area contributed by atoms with Crippen LogP contribution in [-0.4, -0.2) is 11.6 Å². The van der Waals surface area contributed by atoms with E-state index < -0.39 is 0 Å². The van der Waals surface area contributed by atoms with Gasteiger partial charge in [0.2, 0.25) is 0 Å². The van der Waals surface area contributed by atoms with Crippen LogP contribution in [0.4, 0.5) is 0 Å². The van der Waals surface area contributed by atoms with Gasteiger partial charge in [0, 0.05) is 11.6 Å². The zero-order valence-corrected chi connectivity index (χ0v) is 35.8. The molecule has 290 valence electrons. The van der Waals surface area contributed by atoms with Crippen molar-refractivity contribution >= 4 is 5.97 Å². The summed E-state index contributed by atoms with van der Waals surface area (Å²) in [6, 6.07) is 0. The SMILES string of the molecule is CC(C=CC1=C(C)CCCC1(C)C)=CC=CC(C)=CC(=O)Oc1c(C)c(C)c2c(c1C)CC[C@@](C)(CCC[C@H](C)CCC[C@H](C)CCCC(C)C)O2. The number of esters is 1. The fourth-order valence-corrected chi connectivity index (χ4v) is 8.41. The Kier molecular flexibility index (Phi) is 16.8. The lowest BCUT2D eigenvalue weighted by atomic mass is 9.72. The number of benzene rings is 1. The molecule has 0 spiro atoms. The van der Waals surface area contributed by atoms with Gasteiger partial charge in [-0.25, -0.2) is 4.79 Å². The number of carbonyl (C=O) groups excluding carboxylic acids is 1. The van der Waals surface area contributed by atoms with Crippen molar-refractivity contribution in [2.24, 2.45) is 23.2 Å². The molecule has 0 saturated carbocycles. The lowest BCUT2D eigenvalue weighted by molar-refractivity contribution is -0.129. The smallest absolute Gasteiger partial charge is 0.336 e. The highest BCUT2D eigenvalue weighted by Crippen LogP contribution is 2.45. The molecule has 0 aromatic heterocycles. The molecule has 0 amide bonds. The largest absolute Gasteiger partial charge is 0.487 e. The van der Waals surface area contributed by atoms with E-state index in [4.69, 9.17) is 9.47 Å². The molecular formula is C49H76O3. The van der Waals surface area contributed by atoms with E-state index in [2.05, 4.69) is 101 Å². The van der Waals surface area contributed by atoms with Crippen LogP contribution in [0.25, 0.3) is 0 Å². The van der Waals surface area contributed by atoms with Gasteiger partial charge in [0.15, 0.2) is 0 Å². The first-order chi connectivity index (χ1) is 24.4. The van der Waals surface area contributed by atoms with Gasteiger partial charge in [-0.05, 0) is 144 Å². The Labute approximate surface area is 320 Å². The number of fused-ring (bicyclic) bond motifs is 1. The van der Waals surface area contributed by atoms with Crippen molar-refractivity contribution < 1.29 is 14.3 Å². The average molecular weight is 713 g/mol. The van der Waals surface area contributed by atoms with Crippen LogP contribution in [0.5, 0.6) is 11.5 Å². The van der Waals surface area contributed by atoms with Crippen LogP contribution in [0.3, 0.4) is 0 Å². The molecule has 1 aromatic carbocycles. The van der Waals surface area contributed by atoms with Crippen molar-refractivity contribution in [3.8, 4) is 11.5 Å². The Morgan fingerprint density at radius 3 is 2.06 bits per heavy atom. The van der Waals surface area contributed by atoms with Crippen molar-refractivity contribution in [3.63, 3.8) is 0 Å². The Balaban J connectivity index is 1.54. The number of hydrogen-bond donors (Lipinski definition) is 0. The first-order valence-electron chi connectivity index (χ1n) is 20.9. The number of hydrogen-bond acceptors (Lipinski definition) is 3. The molecule has 0 radical (unpaired) electrons. The third kappa shape index (κ3) is 13.2. The summed E-state index contributed by atoms with van der Waals surface area (Å²) < 4.78 is 12.9. The summed E-state index contributed by atoms with van der Waals surface area (Å²) in [5.74, 6) is 3.80. The molecule has 0 saturated heterocycles. The summed E-state index contributed by atoms with van der Waals surface area (Å²) in [7, 11) is 0. The van der Waals surface area contributed by atoms with E-state index in [-0.39, 0.29) is 17.0 Å². The molecule has 0 N–H and O–H groups in total. The summed E-state index contributed by atoms with van der Waals surface area (Å²) in [5, 5.41) is 0. The van der Waals surface area contributed by atoms with Gasteiger partial charge in [-0.2, -0.15) is 0 Å². The van der Waals surface area contributed by atoms with Crippen molar-refractivity contribution in [2.75, 3.05) is 0 Å². The lowest BCUT2D eigenvalue weighted by Gasteiger charge is -2.38. The molecular weight excluding hydrogens is 637 g/mol. The third-order valence-corrected chi connectivity index (χ3v) is 12.2. The van der Waals surface area contributed by atoms with Gasteiger partial charge in [0.25, 0.3) is 0 Å². The Bertz CT molecular complexity index is 1510. The zero-order chi connectivity index (χ0) is 38.6. The van der Waals surface area contributed by atoms with E-state index in [1.165, 1.54) is 92.9 Å². The number of carbonyl (C=O) groups is 1. The maximum absolute atomic E-state index is 13.1. The van der Waals surface area contributed by atoms with Crippen LogP contribution < -0.4 is 9.47 Å². The maximum Gasteiger partial charge on any atom is 0.336 e. The second-order valence-corrected chi connectivity index (χ2v) is 18.3. The standard InChI is InChI=1S/C49H76O3/c1-34(2)19-14-20-35(3)21-15-22-36(4)25-17-31-49(13)32-29-43-42(10)46(40(8)41(9)47(43)52-49)51-45(50)33-38(6)24-16-23-37(5)27-28-44-39(7)26-18-30-48(44,11)12/h16,23-24,27-28,33-36H,14-15,17-22,25-26,29-32H2,1-13H3/t35-,36-,49-/m1/s1. The van der Waals surface area contributed by atoms with Crippen molar-refractivity contribution in [3.05, 3.63) is 81.0 Å². The molecule has 3 rings (SSSR count). The van der Waals surface area contributed by atoms with Crippen LogP contribution >= 0.6 is 0 Å². The minimum atomic E-state index is -0.341. The molecule has 0 unspecified atom stereocenters. The predicted molar refractivity (Wildman–Crippen MR) is 224 cm³/mol. The van der Waals surface area contributed by atoms with Gasteiger partial charge >= 0.3 is 5.97 Å². The minimum Gasteiger partial charge on any atom is -0.487 e. The van der Waals surface area contributed by atoms with Crippen LogP contribution in [-0.2, 0) is 11.2 Å². The highest BCUT2D eigenvalue weighted by Gasteiger charge is 2.35. The summed E-state index contributed by atoms with van der Waals surface area (Å²) in [4.78, 5) is 13.1. The lowest BCUT2D eigenvalue weighted by Crippen LogP contribution is -2.37. The predicted octanol–water partition coefficient (Wildman–Crippen LogP) is 14.6. The van der Waals surface area contributed by atoms with Crippen molar-refractivity contribution in [1.82, 2.24) is 0 Å². The minimum absolute atomic E-state index is 0.156. The van der Waals surface area contributed by atoms with Gasteiger partial charge in [0.1, 0.15) is 17.1 Å². The molecule has 1 aliphatic heterocycles. The van der Waals surface area contributed by atoms with E-state index >= 15 is 0 Å². The van der Waals surface area contributed by atoms with E-state index in [9.17, 15) is 4.79 Å². The quantitative estimate of drug-likeness (QED) is 0.0658. The van der Waals surface area contributed by atoms with Crippen LogP contribution in [0.2, 0.25) is 0 Å². The van der Waals surface area contributed by atoms with Gasteiger partial charge < -0.3 is 9.47 Å². The Hall–Kier alpha value is -2.81. The van der Waals surface area contributed by atoms with Gasteiger partial charge in [0.05, 0.1) is 0 Å². The average Bonchev–Trinajstić information content (AvgIpc) is 3.05. The van der Waals surface area contributed by atoms with E-state index in [0.29, 0.717) is 5.75 Å². The Morgan fingerprint density at radius 1 is 0.788 bits per heavy atom. The second kappa shape index (κ2) is 20.0. The van der Waals surface area contributed by atoms with Gasteiger partial charge in [-0.15, -0.1) is 0 Å². The van der Waals surface area contributed by atoms with E-state index in [1.54, 1.807) is 6.08 Å². The summed E-state index contributed by atoms with van der Waals surface area (Å²) >= 11 is 0. The first kappa shape index (κ1) is 43.6. The zero-order valence-electron chi connectivity index (χ0n) is 35.8.